The molecule has 1 aromatic carbocycles. The fourth-order valence-electron chi connectivity index (χ4n) is 1.72. The monoisotopic (exact) mass is 282 g/mol. The Hall–Kier alpha value is -1.95. The Bertz CT molecular complexity index is 469. The van der Waals surface area contributed by atoms with Gasteiger partial charge in [0.05, 0.1) is 0 Å². The van der Waals surface area contributed by atoms with E-state index in [0.29, 0.717) is 5.56 Å². The zero-order valence-corrected chi connectivity index (χ0v) is 12.0. The summed E-state index contributed by atoms with van der Waals surface area (Å²) >= 11 is 0. The number of phenolic OH excluding ortho intramolecular Hbond substituents is 2. The molecule has 112 valence electrons. The number of hydrogen-bond donors (Lipinski definition) is 4. The molecule has 0 aliphatic heterocycles. The maximum atomic E-state index is 11.6. The zero-order valence-electron chi connectivity index (χ0n) is 12.0. The molecule has 0 radical (unpaired) electrons. The first kappa shape index (κ1) is 16.1. The summed E-state index contributed by atoms with van der Waals surface area (Å²) in [6, 6.07) is 4.29. The van der Waals surface area contributed by atoms with E-state index in [-0.39, 0.29) is 30.5 Å². The number of carbonyl (C=O) groups excluding carboxylic acids is 1. The smallest absolute Gasteiger partial charge is 0.407 e. The number of rotatable bonds is 4. The molecule has 6 heteroatoms. The number of nitrogens with one attached hydrogen (secondary N) is 1. The number of alkyl carbamates (subject to hydrolysis) is 1. The third-order valence-corrected chi connectivity index (χ3v) is 2.63. The number of ether oxygens (including phenoxy) is 1. The topological polar surface area (TPSA) is 105 Å². The summed E-state index contributed by atoms with van der Waals surface area (Å²) in [4.78, 5) is 11.6. The van der Waals surface area contributed by atoms with E-state index in [1.54, 1.807) is 26.8 Å². The van der Waals surface area contributed by atoms with Crippen molar-refractivity contribution in [3.8, 4) is 11.5 Å². The molecule has 1 rings (SSSR count). The molecule has 0 heterocycles. The van der Waals surface area contributed by atoms with Crippen LogP contribution in [0.3, 0.4) is 0 Å². The summed E-state index contributed by atoms with van der Waals surface area (Å²) in [6.07, 6.45) is -0.533. The van der Waals surface area contributed by atoms with E-state index in [1.807, 2.05) is 0 Å². The van der Waals surface area contributed by atoms with Crippen LogP contribution in [0.15, 0.2) is 18.2 Å². The summed E-state index contributed by atoms with van der Waals surface area (Å²) in [6.45, 7) is 5.81. The molecule has 0 spiro atoms. The van der Waals surface area contributed by atoms with E-state index >= 15 is 0 Å². The van der Waals surface area contributed by atoms with Crippen LogP contribution in [0.4, 0.5) is 4.79 Å². The fourth-order valence-corrected chi connectivity index (χ4v) is 1.72. The Balaban J connectivity index is 2.66. The molecule has 6 nitrogen and oxygen atoms in total. The quantitative estimate of drug-likeness (QED) is 0.672. The van der Waals surface area contributed by atoms with Gasteiger partial charge in [0.1, 0.15) is 17.1 Å². The van der Waals surface area contributed by atoms with Gasteiger partial charge in [-0.05, 0) is 26.8 Å². The highest BCUT2D eigenvalue weighted by Gasteiger charge is 2.19. The first-order valence-electron chi connectivity index (χ1n) is 6.41. The van der Waals surface area contributed by atoms with Gasteiger partial charge in [-0.1, -0.05) is 6.07 Å². The Labute approximate surface area is 118 Å². The fraction of sp³-hybridized carbons (Fsp3) is 0.500. The Morgan fingerprint density at radius 2 is 2.05 bits per heavy atom. The highest BCUT2D eigenvalue weighted by molar-refractivity contribution is 5.67. The average Bonchev–Trinajstić information content (AvgIpc) is 2.29. The molecule has 1 amide bonds. The normalized spacial score (nSPS) is 12.8. The maximum Gasteiger partial charge on any atom is 0.407 e. The molecule has 5 N–H and O–H groups in total. The Morgan fingerprint density at radius 1 is 1.40 bits per heavy atom. The molecular weight excluding hydrogens is 260 g/mol. The van der Waals surface area contributed by atoms with Crippen molar-refractivity contribution < 1.29 is 19.7 Å². The third kappa shape index (κ3) is 4.97. The van der Waals surface area contributed by atoms with Crippen LogP contribution in [0.1, 0.15) is 32.3 Å². The van der Waals surface area contributed by atoms with E-state index in [1.165, 1.54) is 12.1 Å². The van der Waals surface area contributed by atoms with Crippen LogP contribution >= 0.6 is 0 Å². The van der Waals surface area contributed by atoms with Gasteiger partial charge in [-0.15, -0.1) is 0 Å². The predicted molar refractivity (Wildman–Crippen MR) is 75.8 cm³/mol. The molecule has 1 atom stereocenters. The lowest BCUT2D eigenvalue weighted by molar-refractivity contribution is 0.0524. The number of aromatic hydroxyl groups is 2. The molecule has 0 fully saturated rings. The molecule has 0 saturated carbocycles. The zero-order chi connectivity index (χ0) is 15.3. The minimum absolute atomic E-state index is 0.0258. The first-order valence-corrected chi connectivity index (χ1v) is 6.41. The van der Waals surface area contributed by atoms with Crippen LogP contribution in [-0.2, 0) is 4.74 Å². The molecule has 1 aromatic rings. The van der Waals surface area contributed by atoms with Gasteiger partial charge in [0.25, 0.3) is 0 Å². The largest absolute Gasteiger partial charge is 0.508 e. The van der Waals surface area contributed by atoms with E-state index in [0.717, 1.165) is 0 Å². The highest BCUT2D eigenvalue weighted by Crippen LogP contribution is 2.28. The first-order chi connectivity index (χ1) is 9.23. The maximum absolute atomic E-state index is 11.6. The highest BCUT2D eigenvalue weighted by atomic mass is 16.6. The number of hydrogen-bond acceptors (Lipinski definition) is 5. The number of benzene rings is 1. The number of amides is 1. The second-order valence-electron chi connectivity index (χ2n) is 5.56. The van der Waals surface area contributed by atoms with Crippen molar-refractivity contribution in [1.82, 2.24) is 5.32 Å². The molecule has 0 saturated heterocycles. The van der Waals surface area contributed by atoms with Gasteiger partial charge in [-0.3, -0.25) is 0 Å². The molecule has 20 heavy (non-hydrogen) atoms. The van der Waals surface area contributed by atoms with E-state index in [9.17, 15) is 15.0 Å². The third-order valence-electron chi connectivity index (χ3n) is 2.63. The standard InChI is InChI=1S/C14H22N2O4/c1-14(2,3)20-13(19)16-8-9(7-15)11-5-4-10(17)6-12(11)18/h4-6,9,17-18H,7-8,15H2,1-3H3,(H,16,19). The van der Waals surface area contributed by atoms with Crippen LogP contribution in [0.5, 0.6) is 11.5 Å². The van der Waals surface area contributed by atoms with Gasteiger partial charge >= 0.3 is 6.09 Å². The van der Waals surface area contributed by atoms with Crippen LogP contribution in [0, 0.1) is 0 Å². The van der Waals surface area contributed by atoms with Crippen LogP contribution in [0.2, 0.25) is 0 Å². The summed E-state index contributed by atoms with van der Waals surface area (Å²) in [5, 5.41) is 21.7. The second kappa shape index (κ2) is 6.47. The molecule has 0 aliphatic carbocycles. The molecule has 0 bridgehead atoms. The SMILES string of the molecule is CC(C)(C)OC(=O)NCC(CN)c1ccc(O)cc1O. The van der Waals surface area contributed by atoms with Gasteiger partial charge in [0.2, 0.25) is 0 Å². The van der Waals surface area contributed by atoms with Crippen molar-refractivity contribution >= 4 is 6.09 Å². The van der Waals surface area contributed by atoms with E-state index < -0.39 is 11.7 Å². The van der Waals surface area contributed by atoms with E-state index in [4.69, 9.17) is 10.5 Å². The minimum Gasteiger partial charge on any atom is -0.508 e. The van der Waals surface area contributed by atoms with Crippen LogP contribution in [-0.4, -0.2) is 35.0 Å². The van der Waals surface area contributed by atoms with Crippen molar-refractivity contribution in [2.75, 3.05) is 13.1 Å². The van der Waals surface area contributed by atoms with Crippen molar-refractivity contribution in [2.45, 2.75) is 32.3 Å². The second-order valence-corrected chi connectivity index (χ2v) is 5.56. The molecule has 0 aliphatic rings. The van der Waals surface area contributed by atoms with Gasteiger partial charge in [0.15, 0.2) is 0 Å². The lowest BCUT2D eigenvalue weighted by atomic mass is 9.98. The average molecular weight is 282 g/mol. The van der Waals surface area contributed by atoms with Crippen molar-refractivity contribution in [3.05, 3.63) is 23.8 Å². The number of phenols is 2. The summed E-state index contributed by atoms with van der Waals surface area (Å²) in [7, 11) is 0. The number of nitrogens with two attached hydrogens (primary N) is 1. The molecule has 0 aromatic heterocycles. The summed E-state index contributed by atoms with van der Waals surface area (Å²) < 4.78 is 5.12. The summed E-state index contributed by atoms with van der Waals surface area (Å²) in [5.74, 6) is -0.336. The van der Waals surface area contributed by atoms with Crippen LogP contribution < -0.4 is 11.1 Å². The lowest BCUT2D eigenvalue weighted by Gasteiger charge is -2.22. The number of carbonyl (C=O) groups is 1. The van der Waals surface area contributed by atoms with Crippen molar-refractivity contribution in [2.24, 2.45) is 5.73 Å². The van der Waals surface area contributed by atoms with Crippen molar-refractivity contribution in [1.29, 1.82) is 0 Å². The minimum atomic E-state index is -0.566. The Kier molecular flexibility index (Phi) is 5.21. The predicted octanol–water partition coefficient (Wildman–Crippen LogP) is 1.66. The van der Waals surface area contributed by atoms with Crippen LogP contribution in [0.25, 0.3) is 0 Å². The lowest BCUT2D eigenvalue weighted by Crippen LogP contribution is -2.36. The Morgan fingerprint density at radius 3 is 2.55 bits per heavy atom. The van der Waals surface area contributed by atoms with Gasteiger partial charge < -0.3 is 26.0 Å². The van der Waals surface area contributed by atoms with Gasteiger partial charge in [-0.2, -0.15) is 0 Å². The summed E-state index contributed by atoms with van der Waals surface area (Å²) in [5.41, 5.74) is 5.66. The molecule has 1 unspecified atom stereocenters. The molecular formula is C14H22N2O4. The van der Waals surface area contributed by atoms with Gasteiger partial charge in [-0.25, -0.2) is 4.79 Å². The van der Waals surface area contributed by atoms with Crippen molar-refractivity contribution in [3.63, 3.8) is 0 Å². The van der Waals surface area contributed by atoms with Gasteiger partial charge in [0, 0.05) is 30.6 Å². The van der Waals surface area contributed by atoms with E-state index in [2.05, 4.69) is 5.32 Å².